The van der Waals surface area contributed by atoms with Crippen LogP contribution in [0, 0.1) is 0 Å². The minimum absolute atomic E-state index is 0.213. The van der Waals surface area contributed by atoms with Gasteiger partial charge in [-0.2, -0.15) is 10.2 Å². The number of nitrogens with zero attached hydrogens (tertiary/aromatic N) is 5. The Balaban J connectivity index is 1.55. The Labute approximate surface area is 112 Å². The molecule has 2 aromatic rings. The van der Waals surface area contributed by atoms with E-state index in [2.05, 4.69) is 21.3 Å². The lowest BCUT2D eigenvalue weighted by Gasteiger charge is -2.32. The molecule has 3 heterocycles. The van der Waals surface area contributed by atoms with Crippen LogP contribution in [-0.2, 0) is 24.9 Å². The van der Waals surface area contributed by atoms with Gasteiger partial charge in [0.1, 0.15) is 0 Å². The van der Waals surface area contributed by atoms with Gasteiger partial charge in [0, 0.05) is 50.8 Å². The van der Waals surface area contributed by atoms with Crippen LogP contribution in [0.15, 0.2) is 30.9 Å². The number of morpholine rings is 1. The third-order valence-corrected chi connectivity index (χ3v) is 3.34. The fraction of sp³-hybridized carbons (Fsp3) is 0.538. The largest absolute Gasteiger partial charge is 0.374 e. The van der Waals surface area contributed by atoms with E-state index in [1.165, 1.54) is 5.56 Å². The normalized spacial score (nSPS) is 20.8. The Morgan fingerprint density at radius 1 is 1.42 bits per heavy atom. The molecule has 3 rings (SSSR count). The van der Waals surface area contributed by atoms with Crippen LogP contribution in [0.3, 0.4) is 0 Å². The zero-order valence-corrected chi connectivity index (χ0v) is 11.1. The summed E-state index contributed by atoms with van der Waals surface area (Å²) in [6, 6.07) is 1.94. The first kappa shape index (κ1) is 12.4. The lowest BCUT2D eigenvalue weighted by molar-refractivity contribution is -0.0402. The Hall–Kier alpha value is -1.66. The van der Waals surface area contributed by atoms with Crippen LogP contribution < -0.4 is 0 Å². The van der Waals surface area contributed by atoms with Gasteiger partial charge in [-0.15, -0.1) is 0 Å². The molecule has 1 fully saturated rings. The summed E-state index contributed by atoms with van der Waals surface area (Å²) in [5.41, 5.74) is 1.25. The molecule has 6 heteroatoms. The van der Waals surface area contributed by atoms with Gasteiger partial charge in [-0.25, -0.2) is 0 Å². The van der Waals surface area contributed by atoms with Crippen LogP contribution in [0.4, 0.5) is 0 Å². The van der Waals surface area contributed by atoms with E-state index in [9.17, 15) is 0 Å². The van der Waals surface area contributed by atoms with Crippen LogP contribution in [0.25, 0.3) is 0 Å². The zero-order chi connectivity index (χ0) is 13.1. The van der Waals surface area contributed by atoms with Crippen molar-refractivity contribution in [2.24, 2.45) is 7.05 Å². The molecule has 102 valence electrons. The maximum Gasteiger partial charge on any atom is 0.0898 e. The van der Waals surface area contributed by atoms with Crippen molar-refractivity contribution in [3.05, 3.63) is 36.4 Å². The molecular weight excluding hydrogens is 242 g/mol. The van der Waals surface area contributed by atoms with Crippen molar-refractivity contribution < 1.29 is 4.74 Å². The highest BCUT2D eigenvalue weighted by atomic mass is 16.5. The molecular formula is C13H19N5O. The average Bonchev–Trinajstić information content (AvgIpc) is 3.02. The van der Waals surface area contributed by atoms with Gasteiger partial charge in [-0.3, -0.25) is 14.3 Å². The van der Waals surface area contributed by atoms with E-state index in [0.29, 0.717) is 0 Å². The second-order valence-corrected chi connectivity index (χ2v) is 4.98. The fourth-order valence-corrected chi connectivity index (χ4v) is 2.46. The molecule has 0 unspecified atom stereocenters. The Morgan fingerprint density at radius 2 is 2.37 bits per heavy atom. The van der Waals surface area contributed by atoms with E-state index in [0.717, 1.165) is 32.8 Å². The van der Waals surface area contributed by atoms with E-state index in [1.807, 2.05) is 34.9 Å². The van der Waals surface area contributed by atoms with Crippen molar-refractivity contribution in [1.29, 1.82) is 0 Å². The van der Waals surface area contributed by atoms with Gasteiger partial charge in [0.15, 0.2) is 0 Å². The first-order valence-corrected chi connectivity index (χ1v) is 6.58. The highest BCUT2D eigenvalue weighted by molar-refractivity contribution is 5.03. The summed E-state index contributed by atoms with van der Waals surface area (Å²) in [7, 11) is 1.95. The number of aryl methyl sites for hydroxylation is 1. The van der Waals surface area contributed by atoms with E-state index in [1.54, 1.807) is 6.20 Å². The Morgan fingerprint density at radius 3 is 3.11 bits per heavy atom. The van der Waals surface area contributed by atoms with Crippen molar-refractivity contribution in [2.45, 2.75) is 19.2 Å². The first-order valence-electron chi connectivity index (χ1n) is 6.58. The first-order chi connectivity index (χ1) is 9.29. The second kappa shape index (κ2) is 5.54. The van der Waals surface area contributed by atoms with E-state index in [4.69, 9.17) is 4.74 Å². The third-order valence-electron chi connectivity index (χ3n) is 3.34. The van der Waals surface area contributed by atoms with Crippen molar-refractivity contribution in [3.8, 4) is 0 Å². The van der Waals surface area contributed by atoms with Gasteiger partial charge in [0.05, 0.1) is 25.5 Å². The molecule has 1 atom stereocenters. The summed E-state index contributed by atoms with van der Waals surface area (Å²) in [5, 5.41) is 8.43. The number of rotatable bonds is 4. The average molecular weight is 261 g/mol. The summed E-state index contributed by atoms with van der Waals surface area (Å²) in [6.07, 6.45) is 7.99. The molecule has 0 bridgehead atoms. The lowest BCUT2D eigenvalue weighted by atomic mass is 10.2. The van der Waals surface area contributed by atoms with E-state index < -0.39 is 0 Å². The van der Waals surface area contributed by atoms with Crippen molar-refractivity contribution in [3.63, 3.8) is 0 Å². The maximum atomic E-state index is 5.80. The molecule has 19 heavy (non-hydrogen) atoms. The summed E-state index contributed by atoms with van der Waals surface area (Å²) < 4.78 is 9.57. The van der Waals surface area contributed by atoms with Crippen LogP contribution in [0.2, 0.25) is 0 Å². The molecule has 1 saturated heterocycles. The quantitative estimate of drug-likeness (QED) is 0.805. The van der Waals surface area contributed by atoms with Gasteiger partial charge in [0.25, 0.3) is 0 Å². The van der Waals surface area contributed by atoms with Gasteiger partial charge in [0.2, 0.25) is 0 Å². The van der Waals surface area contributed by atoms with Crippen molar-refractivity contribution in [2.75, 3.05) is 19.7 Å². The highest BCUT2D eigenvalue weighted by Crippen LogP contribution is 2.11. The summed E-state index contributed by atoms with van der Waals surface area (Å²) in [6.45, 7) is 4.45. The van der Waals surface area contributed by atoms with Crippen molar-refractivity contribution in [1.82, 2.24) is 24.5 Å². The topological polar surface area (TPSA) is 48.1 Å². The van der Waals surface area contributed by atoms with Gasteiger partial charge < -0.3 is 4.74 Å². The number of aromatic nitrogens is 4. The monoisotopic (exact) mass is 261 g/mol. The second-order valence-electron chi connectivity index (χ2n) is 4.98. The molecule has 0 aromatic carbocycles. The molecule has 1 aliphatic rings. The Kier molecular flexibility index (Phi) is 3.61. The molecule has 0 amide bonds. The van der Waals surface area contributed by atoms with Crippen molar-refractivity contribution >= 4 is 0 Å². The zero-order valence-electron chi connectivity index (χ0n) is 11.1. The number of hydrogen-bond donors (Lipinski definition) is 0. The molecule has 2 aromatic heterocycles. The van der Waals surface area contributed by atoms with Gasteiger partial charge in [-0.05, 0) is 6.07 Å². The van der Waals surface area contributed by atoms with Gasteiger partial charge in [-0.1, -0.05) is 0 Å². The SMILES string of the molecule is Cn1cc(CN2CCO[C@@H](Cn3cccn3)C2)cn1. The molecule has 0 spiro atoms. The van der Waals surface area contributed by atoms with Gasteiger partial charge >= 0.3 is 0 Å². The summed E-state index contributed by atoms with van der Waals surface area (Å²) in [4.78, 5) is 2.41. The summed E-state index contributed by atoms with van der Waals surface area (Å²) in [5.74, 6) is 0. The predicted octanol–water partition coefficient (Wildman–Crippen LogP) is 0.518. The molecule has 6 nitrogen and oxygen atoms in total. The number of ether oxygens (including phenoxy) is 1. The van der Waals surface area contributed by atoms with Crippen LogP contribution in [-0.4, -0.2) is 50.3 Å². The minimum Gasteiger partial charge on any atom is -0.374 e. The summed E-state index contributed by atoms with van der Waals surface area (Å²) >= 11 is 0. The molecule has 0 saturated carbocycles. The van der Waals surface area contributed by atoms with E-state index in [-0.39, 0.29) is 6.10 Å². The molecule has 0 radical (unpaired) electrons. The fourth-order valence-electron chi connectivity index (χ4n) is 2.46. The lowest BCUT2D eigenvalue weighted by Crippen LogP contribution is -2.43. The van der Waals surface area contributed by atoms with E-state index >= 15 is 0 Å². The smallest absolute Gasteiger partial charge is 0.0898 e. The van der Waals surface area contributed by atoms with Crippen LogP contribution in [0.5, 0.6) is 0 Å². The van der Waals surface area contributed by atoms with Crippen LogP contribution in [0.1, 0.15) is 5.56 Å². The predicted molar refractivity (Wildman–Crippen MR) is 70.5 cm³/mol. The Bertz CT molecular complexity index is 507. The molecule has 0 N–H and O–H groups in total. The maximum absolute atomic E-state index is 5.80. The standard InChI is InChI=1S/C13H19N5O/c1-16-8-12(7-15-16)9-17-5-6-19-13(10-17)11-18-4-2-3-14-18/h2-4,7-8,13H,5-6,9-11H2,1H3/t13-/m1/s1. The highest BCUT2D eigenvalue weighted by Gasteiger charge is 2.21. The van der Waals surface area contributed by atoms with Crippen LogP contribution >= 0.6 is 0 Å². The molecule has 0 aliphatic carbocycles. The minimum atomic E-state index is 0.213. The number of hydrogen-bond acceptors (Lipinski definition) is 4. The molecule has 1 aliphatic heterocycles. The third kappa shape index (κ3) is 3.21.